The predicted octanol–water partition coefficient (Wildman–Crippen LogP) is 1.50. The molecule has 1 aliphatic rings. The third-order valence-corrected chi connectivity index (χ3v) is 5.08. The summed E-state index contributed by atoms with van der Waals surface area (Å²) in [5.41, 5.74) is 1.31. The lowest BCUT2D eigenvalue weighted by Crippen LogP contribution is -2.36. The van der Waals surface area contributed by atoms with Gasteiger partial charge in [-0.3, -0.25) is 18.8 Å². The number of aryl methyl sites for hydroxylation is 1. The molecule has 0 N–H and O–H groups in total. The number of nitrogens with zero attached hydrogens (tertiary/aromatic N) is 5. The van der Waals surface area contributed by atoms with Gasteiger partial charge in [-0.05, 0) is 30.5 Å². The van der Waals surface area contributed by atoms with E-state index >= 15 is 0 Å². The molecule has 1 aliphatic heterocycles. The second kappa shape index (κ2) is 6.86. The zero-order valence-corrected chi connectivity index (χ0v) is 15.3. The van der Waals surface area contributed by atoms with Gasteiger partial charge in [0.05, 0.1) is 19.3 Å². The number of amides is 1. The molecule has 3 heterocycles. The Hall–Kier alpha value is -3.16. The van der Waals surface area contributed by atoms with Crippen LogP contribution in [0.25, 0.3) is 11.0 Å². The first-order chi connectivity index (χ1) is 13.1. The van der Waals surface area contributed by atoms with Crippen LogP contribution < -0.4 is 10.3 Å². The number of carbonyl (C=O) groups is 1. The molecule has 4 rings (SSSR count). The van der Waals surface area contributed by atoms with Crippen LogP contribution >= 0.6 is 0 Å². The molecule has 0 unspecified atom stereocenters. The maximum Gasteiger partial charge on any atom is 0.264 e. The SMILES string of the molecule is COc1cccc([C@H]2CCCN2C(=O)Cn2cnc3c(cnn3C)c2=O)c1. The smallest absolute Gasteiger partial charge is 0.264 e. The molecule has 0 saturated carbocycles. The number of carbonyl (C=O) groups excluding carboxylic acids is 1. The van der Waals surface area contributed by atoms with Gasteiger partial charge in [0.15, 0.2) is 5.65 Å². The van der Waals surface area contributed by atoms with E-state index in [4.69, 9.17) is 4.74 Å². The molecule has 0 aliphatic carbocycles. The number of ether oxygens (including phenoxy) is 1. The number of hydrogen-bond donors (Lipinski definition) is 0. The molecule has 1 fully saturated rings. The van der Waals surface area contributed by atoms with Crippen molar-refractivity contribution < 1.29 is 9.53 Å². The molecule has 140 valence electrons. The lowest BCUT2D eigenvalue weighted by molar-refractivity contribution is -0.132. The summed E-state index contributed by atoms with van der Waals surface area (Å²) in [4.78, 5) is 31.6. The Labute approximate surface area is 156 Å². The number of benzene rings is 1. The van der Waals surface area contributed by atoms with E-state index in [1.54, 1.807) is 18.8 Å². The monoisotopic (exact) mass is 367 g/mol. The Morgan fingerprint density at radius 3 is 3.04 bits per heavy atom. The van der Waals surface area contributed by atoms with E-state index in [2.05, 4.69) is 10.1 Å². The standard InChI is InChI=1S/C19H21N5O3/c1-22-18-15(10-21-22)19(26)23(12-20-18)11-17(25)24-8-4-7-16(24)13-5-3-6-14(9-13)27-2/h3,5-6,9-10,12,16H,4,7-8,11H2,1-2H3/t16-/m1/s1. The second-order valence-corrected chi connectivity index (χ2v) is 6.70. The fourth-order valence-corrected chi connectivity index (χ4v) is 3.68. The highest BCUT2D eigenvalue weighted by atomic mass is 16.5. The van der Waals surface area contributed by atoms with Gasteiger partial charge < -0.3 is 9.64 Å². The Balaban J connectivity index is 1.58. The highest BCUT2D eigenvalue weighted by Gasteiger charge is 2.30. The zero-order valence-electron chi connectivity index (χ0n) is 15.3. The summed E-state index contributed by atoms with van der Waals surface area (Å²) < 4.78 is 8.20. The molecular formula is C19H21N5O3. The number of hydrogen-bond acceptors (Lipinski definition) is 5. The minimum absolute atomic E-state index is 0.00150. The third kappa shape index (κ3) is 3.07. The minimum Gasteiger partial charge on any atom is -0.497 e. The van der Waals surface area contributed by atoms with Crippen molar-refractivity contribution in [3.05, 3.63) is 52.7 Å². The van der Waals surface area contributed by atoms with Gasteiger partial charge in [-0.2, -0.15) is 5.10 Å². The van der Waals surface area contributed by atoms with Crippen molar-refractivity contribution in [3.63, 3.8) is 0 Å². The molecule has 1 atom stereocenters. The lowest BCUT2D eigenvalue weighted by atomic mass is 10.0. The lowest BCUT2D eigenvalue weighted by Gasteiger charge is -2.25. The Kier molecular flexibility index (Phi) is 4.39. The Bertz CT molecular complexity index is 1050. The fourth-order valence-electron chi connectivity index (χ4n) is 3.68. The fraction of sp³-hybridized carbons (Fsp3) is 0.368. The number of aromatic nitrogens is 4. The summed E-state index contributed by atoms with van der Waals surface area (Å²) in [5.74, 6) is 0.682. The molecule has 1 saturated heterocycles. The average Bonchev–Trinajstić information content (AvgIpc) is 3.31. The van der Waals surface area contributed by atoms with Gasteiger partial charge >= 0.3 is 0 Å². The van der Waals surface area contributed by atoms with Gasteiger partial charge in [0.25, 0.3) is 5.56 Å². The summed E-state index contributed by atoms with van der Waals surface area (Å²) in [6.07, 6.45) is 4.73. The van der Waals surface area contributed by atoms with Gasteiger partial charge in [-0.15, -0.1) is 0 Å². The van der Waals surface area contributed by atoms with Crippen LogP contribution in [0.15, 0.2) is 41.6 Å². The van der Waals surface area contributed by atoms with Gasteiger partial charge in [0.1, 0.15) is 24.0 Å². The normalized spacial score (nSPS) is 16.8. The van der Waals surface area contributed by atoms with Crippen LogP contribution in [0.3, 0.4) is 0 Å². The molecular weight excluding hydrogens is 346 g/mol. The Morgan fingerprint density at radius 2 is 2.22 bits per heavy atom. The van der Waals surface area contributed by atoms with E-state index in [0.29, 0.717) is 17.6 Å². The quantitative estimate of drug-likeness (QED) is 0.698. The molecule has 0 bridgehead atoms. The average molecular weight is 367 g/mol. The van der Waals surface area contributed by atoms with Crippen LogP contribution in [0.2, 0.25) is 0 Å². The van der Waals surface area contributed by atoms with E-state index in [1.165, 1.54) is 17.1 Å². The first kappa shape index (κ1) is 17.3. The molecule has 8 heteroatoms. The topological polar surface area (TPSA) is 82.2 Å². The van der Waals surface area contributed by atoms with E-state index in [1.807, 2.05) is 29.2 Å². The van der Waals surface area contributed by atoms with Gasteiger partial charge in [-0.25, -0.2) is 4.98 Å². The van der Waals surface area contributed by atoms with Crippen molar-refractivity contribution in [2.75, 3.05) is 13.7 Å². The summed E-state index contributed by atoms with van der Waals surface area (Å²) in [6.45, 7) is 0.648. The van der Waals surface area contributed by atoms with Crippen LogP contribution in [0.5, 0.6) is 5.75 Å². The predicted molar refractivity (Wildman–Crippen MR) is 99.5 cm³/mol. The molecule has 0 radical (unpaired) electrons. The molecule has 3 aromatic rings. The molecule has 0 spiro atoms. The second-order valence-electron chi connectivity index (χ2n) is 6.70. The molecule has 8 nitrogen and oxygen atoms in total. The van der Waals surface area contributed by atoms with Crippen molar-refractivity contribution in [1.82, 2.24) is 24.2 Å². The number of rotatable bonds is 4. The van der Waals surface area contributed by atoms with Gasteiger partial charge in [0, 0.05) is 13.6 Å². The van der Waals surface area contributed by atoms with E-state index in [9.17, 15) is 9.59 Å². The first-order valence-electron chi connectivity index (χ1n) is 8.89. The summed E-state index contributed by atoms with van der Waals surface area (Å²) in [7, 11) is 3.36. The highest BCUT2D eigenvalue weighted by Crippen LogP contribution is 2.33. The maximum atomic E-state index is 12.9. The summed E-state index contributed by atoms with van der Waals surface area (Å²) >= 11 is 0. The van der Waals surface area contributed by atoms with Crippen molar-refractivity contribution in [1.29, 1.82) is 0 Å². The molecule has 1 amide bonds. The van der Waals surface area contributed by atoms with E-state index in [-0.39, 0.29) is 24.1 Å². The van der Waals surface area contributed by atoms with Crippen molar-refractivity contribution in [2.24, 2.45) is 7.05 Å². The van der Waals surface area contributed by atoms with Crippen LogP contribution in [0, 0.1) is 0 Å². The molecule has 1 aromatic carbocycles. The largest absolute Gasteiger partial charge is 0.497 e. The van der Waals surface area contributed by atoms with Crippen LogP contribution in [0.1, 0.15) is 24.4 Å². The molecule has 27 heavy (non-hydrogen) atoms. The number of fused-ring (bicyclic) bond motifs is 1. The number of methoxy groups -OCH3 is 1. The van der Waals surface area contributed by atoms with Gasteiger partial charge in [0.2, 0.25) is 5.91 Å². The van der Waals surface area contributed by atoms with Crippen molar-refractivity contribution in [3.8, 4) is 5.75 Å². The van der Waals surface area contributed by atoms with Gasteiger partial charge in [-0.1, -0.05) is 12.1 Å². The van der Waals surface area contributed by atoms with Crippen molar-refractivity contribution in [2.45, 2.75) is 25.4 Å². The third-order valence-electron chi connectivity index (χ3n) is 5.08. The van der Waals surface area contributed by atoms with E-state index in [0.717, 1.165) is 24.2 Å². The molecule has 2 aromatic heterocycles. The summed E-state index contributed by atoms with van der Waals surface area (Å²) in [6, 6.07) is 7.79. The van der Waals surface area contributed by atoms with Crippen LogP contribution in [-0.4, -0.2) is 43.8 Å². The highest BCUT2D eigenvalue weighted by molar-refractivity contribution is 5.78. The van der Waals surface area contributed by atoms with Crippen LogP contribution in [0.4, 0.5) is 0 Å². The van der Waals surface area contributed by atoms with Crippen LogP contribution in [-0.2, 0) is 18.4 Å². The van der Waals surface area contributed by atoms with Crippen molar-refractivity contribution >= 4 is 16.9 Å². The summed E-state index contributed by atoms with van der Waals surface area (Å²) in [5, 5.41) is 4.47. The zero-order chi connectivity index (χ0) is 19.0. The number of likely N-dealkylation sites (tertiary alicyclic amines) is 1. The minimum atomic E-state index is -0.251. The Morgan fingerprint density at radius 1 is 1.37 bits per heavy atom. The van der Waals surface area contributed by atoms with E-state index < -0.39 is 0 Å². The maximum absolute atomic E-state index is 12.9. The first-order valence-corrected chi connectivity index (χ1v) is 8.89.